The summed E-state index contributed by atoms with van der Waals surface area (Å²) in [6.45, 7) is 6.65. The van der Waals surface area contributed by atoms with Crippen LogP contribution in [0.3, 0.4) is 0 Å². The smallest absolute Gasteiger partial charge is 0.223 e. The average molecular weight is 674 g/mol. The van der Waals surface area contributed by atoms with E-state index in [2.05, 4.69) is 60.1 Å². The molecular formula is C43H67N3O3. The highest BCUT2D eigenvalue weighted by molar-refractivity contribution is 5.29. The van der Waals surface area contributed by atoms with Crippen LogP contribution in [-0.2, 0) is 19.7 Å². The first-order valence-electron chi connectivity index (χ1n) is 19.5. The number of aromatic nitrogens is 1. The van der Waals surface area contributed by atoms with Crippen LogP contribution in [0.1, 0.15) is 133 Å². The second kappa shape index (κ2) is 25.8. The third kappa shape index (κ3) is 18.5. The number of benzene rings is 2. The van der Waals surface area contributed by atoms with E-state index in [1.807, 2.05) is 36.5 Å². The van der Waals surface area contributed by atoms with E-state index in [-0.39, 0.29) is 5.43 Å². The number of hydrogen-bond donors (Lipinski definition) is 1. The molecule has 3 aromatic rings. The van der Waals surface area contributed by atoms with E-state index in [9.17, 15) is 4.79 Å². The summed E-state index contributed by atoms with van der Waals surface area (Å²) in [6.07, 6.45) is 24.4. The van der Waals surface area contributed by atoms with Gasteiger partial charge in [-0.2, -0.15) is 0 Å². The molecule has 6 heteroatoms. The molecule has 1 heterocycles. The van der Waals surface area contributed by atoms with Crippen molar-refractivity contribution in [3.63, 3.8) is 0 Å². The second-order valence-electron chi connectivity index (χ2n) is 14.0. The van der Waals surface area contributed by atoms with Crippen molar-refractivity contribution in [3.8, 4) is 11.5 Å². The molecule has 1 N–H and O–H groups in total. The molecule has 6 nitrogen and oxygen atoms in total. The highest BCUT2D eigenvalue weighted by Gasteiger charge is 2.10. The van der Waals surface area contributed by atoms with Gasteiger partial charge in [0.2, 0.25) is 5.43 Å². The summed E-state index contributed by atoms with van der Waals surface area (Å²) in [5, 5.41) is 3.53. The number of hydrogen-bond acceptors (Lipinski definition) is 5. The molecular weight excluding hydrogens is 606 g/mol. The second-order valence-corrected chi connectivity index (χ2v) is 14.0. The molecule has 272 valence electrons. The number of nitrogens with zero attached hydrogens (tertiary/aromatic N) is 2. The predicted molar refractivity (Wildman–Crippen MR) is 207 cm³/mol. The highest BCUT2D eigenvalue weighted by Crippen LogP contribution is 2.18. The topological polar surface area (TPSA) is 55.7 Å². The molecule has 0 radical (unpaired) electrons. The van der Waals surface area contributed by atoms with E-state index in [4.69, 9.17) is 9.47 Å². The SMILES string of the molecule is CCCCCCCCCCCCCCCCCCOc1cn(Cc2ccc(OCc3ccccc3)cc2)c(CNCCCN(C)C)cc1=O. The Hall–Kier alpha value is -3.09. The van der Waals surface area contributed by atoms with Gasteiger partial charge in [0.05, 0.1) is 12.8 Å². The first-order chi connectivity index (χ1) is 24.0. The van der Waals surface area contributed by atoms with E-state index in [1.54, 1.807) is 6.07 Å². The molecule has 0 saturated carbocycles. The molecule has 0 fully saturated rings. The Morgan fingerprint density at radius 2 is 1.27 bits per heavy atom. The molecule has 0 atom stereocenters. The minimum absolute atomic E-state index is 0.0394. The molecule has 0 bridgehead atoms. The van der Waals surface area contributed by atoms with Crippen molar-refractivity contribution in [2.24, 2.45) is 0 Å². The number of pyridine rings is 1. The maximum Gasteiger partial charge on any atom is 0.223 e. The van der Waals surface area contributed by atoms with Crippen molar-refractivity contribution in [3.05, 3.63) is 93.9 Å². The maximum absolute atomic E-state index is 13.1. The number of ether oxygens (including phenoxy) is 2. The molecule has 1 aromatic heterocycles. The zero-order chi connectivity index (χ0) is 34.8. The minimum Gasteiger partial charge on any atom is -0.489 e. The predicted octanol–water partition coefficient (Wildman–Crippen LogP) is 10.2. The summed E-state index contributed by atoms with van der Waals surface area (Å²) in [6, 6.07) is 20.2. The minimum atomic E-state index is -0.0394. The summed E-state index contributed by atoms with van der Waals surface area (Å²) < 4.78 is 14.2. The summed E-state index contributed by atoms with van der Waals surface area (Å²) in [5.41, 5.74) is 3.22. The van der Waals surface area contributed by atoms with Crippen molar-refractivity contribution >= 4 is 0 Å². The lowest BCUT2D eigenvalue weighted by molar-refractivity contribution is 0.298. The lowest BCUT2D eigenvalue weighted by atomic mass is 10.0. The first kappa shape index (κ1) is 40.3. The van der Waals surface area contributed by atoms with Crippen molar-refractivity contribution in [1.82, 2.24) is 14.8 Å². The van der Waals surface area contributed by atoms with E-state index in [0.717, 1.165) is 54.9 Å². The number of unbranched alkanes of at least 4 members (excludes halogenated alkanes) is 15. The molecule has 49 heavy (non-hydrogen) atoms. The quantitative estimate of drug-likeness (QED) is 0.0744. The van der Waals surface area contributed by atoms with Crippen LogP contribution >= 0.6 is 0 Å². The molecule has 0 saturated heterocycles. The van der Waals surface area contributed by atoms with Crippen LogP contribution in [0.15, 0.2) is 71.7 Å². The standard InChI is InChI=1S/C43H67N3O3/c1-4-5-6-7-8-9-10-11-12-13-14-15-16-17-18-22-32-48-43-36-46(40(33-42(43)47)34-44-30-23-31-45(2)3)35-38-26-28-41(29-27-38)49-37-39-24-20-19-21-25-39/h19-21,24-29,33,36,44H,4-18,22-23,30-32,34-35,37H2,1-3H3. The zero-order valence-electron chi connectivity index (χ0n) is 31.2. The number of rotatable bonds is 29. The van der Waals surface area contributed by atoms with Gasteiger partial charge in [-0.3, -0.25) is 4.79 Å². The molecule has 3 rings (SSSR count). The summed E-state index contributed by atoms with van der Waals surface area (Å²) in [5.74, 6) is 1.29. The Kier molecular flexibility index (Phi) is 21.3. The first-order valence-corrected chi connectivity index (χ1v) is 19.5. The van der Waals surface area contributed by atoms with Crippen molar-refractivity contribution in [2.75, 3.05) is 33.8 Å². The average Bonchev–Trinajstić information content (AvgIpc) is 3.11. The Labute approximate surface area is 298 Å². The van der Waals surface area contributed by atoms with Gasteiger partial charge in [0, 0.05) is 24.8 Å². The van der Waals surface area contributed by atoms with Crippen molar-refractivity contribution in [1.29, 1.82) is 0 Å². The van der Waals surface area contributed by atoms with Crippen LogP contribution in [0.5, 0.6) is 11.5 Å². The summed E-state index contributed by atoms with van der Waals surface area (Å²) in [7, 11) is 4.18. The fraction of sp³-hybridized carbons (Fsp3) is 0.605. The van der Waals surface area contributed by atoms with Gasteiger partial charge in [0.25, 0.3) is 0 Å². The van der Waals surface area contributed by atoms with Gasteiger partial charge in [-0.25, -0.2) is 0 Å². The van der Waals surface area contributed by atoms with Crippen LogP contribution in [-0.4, -0.2) is 43.3 Å². The van der Waals surface area contributed by atoms with Crippen LogP contribution in [0.2, 0.25) is 0 Å². The largest absolute Gasteiger partial charge is 0.489 e. The van der Waals surface area contributed by atoms with Gasteiger partial charge in [-0.1, -0.05) is 146 Å². The summed E-state index contributed by atoms with van der Waals surface area (Å²) >= 11 is 0. The lowest BCUT2D eigenvalue weighted by Gasteiger charge is -2.17. The van der Waals surface area contributed by atoms with Crippen LogP contribution in [0.4, 0.5) is 0 Å². The van der Waals surface area contributed by atoms with E-state index in [0.29, 0.717) is 32.1 Å². The highest BCUT2D eigenvalue weighted by atomic mass is 16.5. The molecule has 0 unspecified atom stereocenters. The number of nitrogens with one attached hydrogen (secondary N) is 1. The Morgan fingerprint density at radius 1 is 0.673 bits per heavy atom. The fourth-order valence-electron chi connectivity index (χ4n) is 6.20. The van der Waals surface area contributed by atoms with Crippen LogP contribution < -0.4 is 20.2 Å². The van der Waals surface area contributed by atoms with Crippen LogP contribution in [0.25, 0.3) is 0 Å². The van der Waals surface area contributed by atoms with E-state index in [1.165, 1.54) is 89.9 Å². The third-order valence-electron chi connectivity index (χ3n) is 9.23. The Balaban J connectivity index is 1.40. The van der Waals surface area contributed by atoms with Gasteiger partial charge in [-0.05, 0) is 63.3 Å². The zero-order valence-corrected chi connectivity index (χ0v) is 31.2. The van der Waals surface area contributed by atoms with E-state index >= 15 is 0 Å². The fourth-order valence-corrected chi connectivity index (χ4v) is 6.20. The van der Waals surface area contributed by atoms with Crippen molar-refractivity contribution < 1.29 is 9.47 Å². The molecule has 2 aromatic carbocycles. The van der Waals surface area contributed by atoms with Gasteiger partial charge in [0.1, 0.15) is 12.4 Å². The van der Waals surface area contributed by atoms with Gasteiger partial charge < -0.3 is 24.3 Å². The molecule has 0 aliphatic carbocycles. The Morgan fingerprint density at radius 3 is 1.86 bits per heavy atom. The molecule has 0 amide bonds. The lowest BCUT2D eigenvalue weighted by Crippen LogP contribution is -2.24. The normalized spacial score (nSPS) is 11.3. The van der Waals surface area contributed by atoms with Gasteiger partial charge in [-0.15, -0.1) is 0 Å². The maximum atomic E-state index is 13.1. The summed E-state index contributed by atoms with van der Waals surface area (Å²) in [4.78, 5) is 15.3. The monoisotopic (exact) mass is 674 g/mol. The molecule has 0 aliphatic rings. The molecule has 0 aliphatic heterocycles. The van der Waals surface area contributed by atoms with Crippen LogP contribution in [0, 0.1) is 0 Å². The van der Waals surface area contributed by atoms with Gasteiger partial charge in [0.15, 0.2) is 5.75 Å². The van der Waals surface area contributed by atoms with Gasteiger partial charge >= 0.3 is 0 Å². The Bertz CT molecular complexity index is 1290. The van der Waals surface area contributed by atoms with E-state index < -0.39 is 0 Å². The molecule has 0 spiro atoms. The van der Waals surface area contributed by atoms with Crippen molar-refractivity contribution in [2.45, 2.75) is 136 Å². The third-order valence-corrected chi connectivity index (χ3v) is 9.23.